The monoisotopic (exact) mass is 467 g/mol. The number of para-hydroxylation sites is 1. The predicted octanol–water partition coefficient (Wildman–Crippen LogP) is 4.52. The average Bonchev–Trinajstić information content (AvgIpc) is 3.35. The number of pyridine rings is 1. The van der Waals surface area contributed by atoms with Crippen LogP contribution in [0.2, 0.25) is 0 Å². The molecule has 0 aliphatic carbocycles. The van der Waals surface area contributed by atoms with Gasteiger partial charge in [0.2, 0.25) is 5.91 Å². The first-order valence-electron chi connectivity index (χ1n) is 11.7. The fourth-order valence-corrected chi connectivity index (χ4v) is 4.32. The molecule has 5 rings (SSSR count). The summed E-state index contributed by atoms with van der Waals surface area (Å²) in [5.74, 6) is 0.602. The molecule has 0 radical (unpaired) electrons. The number of hydrogen-bond acceptors (Lipinski definition) is 5. The summed E-state index contributed by atoms with van der Waals surface area (Å²) >= 11 is 0. The predicted molar refractivity (Wildman–Crippen MR) is 133 cm³/mol. The van der Waals surface area contributed by atoms with Gasteiger partial charge in [-0.15, -0.1) is 0 Å². The number of nitrogens with zero attached hydrogens (tertiary/aromatic N) is 4. The molecule has 8 nitrogen and oxygen atoms in total. The Kier molecular flexibility index (Phi) is 6.10. The highest BCUT2D eigenvalue weighted by molar-refractivity contribution is 6.21. The second-order valence-electron chi connectivity index (χ2n) is 8.61. The van der Waals surface area contributed by atoms with E-state index in [0.29, 0.717) is 48.6 Å². The van der Waals surface area contributed by atoms with Gasteiger partial charge in [0.1, 0.15) is 5.82 Å². The summed E-state index contributed by atoms with van der Waals surface area (Å²) < 4.78 is 1.64. The fraction of sp³-hybridized carbons (Fsp3) is 0.222. The van der Waals surface area contributed by atoms with E-state index < -0.39 is 0 Å². The van der Waals surface area contributed by atoms with Gasteiger partial charge in [-0.05, 0) is 50.1 Å². The number of benzene rings is 2. The van der Waals surface area contributed by atoms with Gasteiger partial charge in [-0.25, -0.2) is 4.98 Å². The molecular weight excluding hydrogens is 442 g/mol. The van der Waals surface area contributed by atoms with Gasteiger partial charge in [0, 0.05) is 24.4 Å². The third-order valence-electron chi connectivity index (χ3n) is 6.06. The fourth-order valence-electron chi connectivity index (χ4n) is 4.32. The topological polar surface area (TPSA) is 97.2 Å². The number of hydrogen-bond donors (Lipinski definition) is 1. The number of rotatable bonds is 8. The molecule has 0 fully saturated rings. The van der Waals surface area contributed by atoms with Crippen molar-refractivity contribution in [2.24, 2.45) is 0 Å². The minimum atomic E-state index is -0.241. The molecule has 0 spiro atoms. The number of nitrogens with one attached hydrogen (secondary N) is 1. The Hall–Kier alpha value is -4.33. The zero-order valence-electron chi connectivity index (χ0n) is 19.4. The third-order valence-corrected chi connectivity index (χ3v) is 6.06. The van der Waals surface area contributed by atoms with Gasteiger partial charge in [-0.3, -0.25) is 19.3 Å². The van der Waals surface area contributed by atoms with Crippen LogP contribution in [0, 0.1) is 6.92 Å². The lowest BCUT2D eigenvalue weighted by Crippen LogP contribution is -2.30. The Morgan fingerprint density at radius 1 is 0.886 bits per heavy atom. The summed E-state index contributed by atoms with van der Waals surface area (Å²) in [6, 6.07) is 20.4. The molecule has 8 heteroatoms. The van der Waals surface area contributed by atoms with Crippen molar-refractivity contribution in [1.82, 2.24) is 19.7 Å². The number of amides is 3. The van der Waals surface area contributed by atoms with Crippen molar-refractivity contribution in [2.75, 3.05) is 11.9 Å². The van der Waals surface area contributed by atoms with Crippen LogP contribution in [-0.2, 0) is 4.79 Å². The molecule has 0 saturated carbocycles. The van der Waals surface area contributed by atoms with Gasteiger partial charge in [0.25, 0.3) is 11.8 Å². The van der Waals surface area contributed by atoms with Gasteiger partial charge in [-0.1, -0.05) is 36.8 Å². The molecule has 0 saturated heterocycles. The molecule has 1 aliphatic heterocycles. The second kappa shape index (κ2) is 9.50. The molecular formula is C27H25N5O3. The molecule has 176 valence electrons. The van der Waals surface area contributed by atoms with E-state index in [-0.39, 0.29) is 17.7 Å². The molecule has 4 aromatic rings. The first-order valence-corrected chi connectivity index (χ1v) is 11.7. The number of imide groups is 1. The Morgan fingerprint density at radius 3 is 2.37 bits per heavy atom. The van der Waals surface area contributed by atoms with Crippen molar-refractivity contribution >= 4 is 34.4 Å². The van der Waals surface area contributed by atoms with Crippen LogP contribution in [-0.4, -0.2) is 43.9 Å². The zero-order valence-corrected chi connectivity index (χ0v) is 19.4. The van der Waals surface area contributed by atoms with Crippen LogP contribution in [0.4, 0.5) is 5.82 Å². The van der Waals surface area contributed by atoms with Crippen molar-refractivity contribution in [3.63, 3.8) is 0 Å². The van der Waals surface area contributed by atoms with E-state index >= 15 is 0 Å². The van der Waals surface area contributed by atoms with Gasteiger partial charge in [0.15, 0.2) is 5.82 Å². The maximum Gasteiger partial charge on any atom is 0.261 e. The number of carbonyl (C=O) groups excluding carboxylic acids is 3. The normalized spacial score (nSPS) is 12.9. The van der Waals surface area contributed by atoms with Crippen molar-refractivity contribution < 1.29 is 14.4 Å². The number of anilines is 1. The minimum Gasteiger partial charge on any atom is -0.311 e. The highest BCUT2D eigenvalue weighted by atomic mass is 16.2. The van der Waals surface area contributed by atoms with Crippen LogP contribution in [0.3, 0.4) is 0 Å². The van der Waals surface area contributed by atoms with Gasteiger partial charge >= 0.3 is 0 Å². The van der Waals surface area contributed by atoms with Gasteiger partial charge in [0.05, 0.1) is 22.3 Å². The van der Waals surface area contributed by atoms with Crippen molar-refractivity contribution in [3.8, 4) is 5.82 Å². The van der Waals surface area contributed by atoms with E-state index in [0.717, 1.165) is 23.0 Å². The maximum atomic E-state index is 12.6. The Bertz CT molecular complexity index is 1410. The maximum absolute atomic E-state index is 12.6. The summed E-state index contributed by atoms with van der Waals surface area (Å²) in [5.41, 5.74) is 2.55. The highest BCUT2D eigenvalue weighted by Gasteiger charge is 2.34. The number of fused-ring (bicyclic) bond motifs is 2. The molecule has 0 bridgehead atoms. The van der Waals surface area contributed by atoms with Crippen LogP contribution in [0.1, 0.15) is 52.1 Å². The van der Waals surface area contributed by atoms with Crippen LogP contribution in [0.5, 0.6) is 0 Å². The molecule has 3 amide bonds. The van der Waals surface area contributed by atoms with E-state index in [9.17, 15) is 14.4 Å². The second-order valence-corrected chi connectivity index (χ2v) is 8.61. The molecule has 2 aromatic carbocycles. The molecule has 3 heterocycles. The van der Waals surface area contributed by atoms with E-state index in [2.05, 4.69) is 15.4 Å². The molecule has 1 N–H and O–H groups in total. The summed E-state index contributed by atoms with van der Waals surface area (Å²) in [7, 11) is 0. The smallest absolute Gasteiger partial charge is 0.261 e. The van der Waals surface area contributed by atoms with Crippen LogP contribution >= 0.6 is 0 Å². The summed E-state index contributed by atoms with van der Waals surface area (Å²) in [4.78, 5) is 43.4. The summed E-state index contributed by atoms with van der Waals surface area (Å²) in [6.45, 7) is 2.22. The van der Waals surface area contributed by atoms with E-state index in [1.165, 1.54) is 4.90 Å². The van der Waals surface area contributed by atoms with Crippen molar-refractivity contribution in [1.29, 1.82) is 0 Å². The van der Waals surface area contributed by atoms with Gasteiger partial charge < -0.3 is 5.32 Å². The number of unbranched alkanes of at least 4 members (excludes halogenated alkanes) is 2. The van der Waals surface area contributed by atoms with E-state index in [4.69, 9.17) is 0 Å². The quantitative estimate of drug-likeness (QED) is 0.303. The first-order chi connectivity index (χ1) is 17.0. The van der Waals surface area contributed by atoms with E-state index in [1.54, 1.807) is 28.9 Å². The number of carbonyl (C=O) groups is 3. The summed E-state index contributed by atoms with van der Waals surface area (Å²) in [5, 5.41) is 8.47. The molecule has 2 aromatic heterocycles. The standard InChI is InChI=1S/C27H25N5O3/c1-18-17-24(32(30-18)23-15-14-19-9-4-7-12-22(19)28-23)29-25(33)13-3-2-8-16-31-26(34)20-10-5-6-11-21(20)27(31)35/h4-7,9-12,14-15,17H,2-3,8,13,16H2,1H3,(H,29,33). The largest absolute Gasteiger partial charge is 0.311 e. The Balaban J connectivity index is 1.14. The van der Waals surface area contributed by atoms with Crippen molar-refractivity contribution in [3.05, 3.63) is 83.6 Å². The number of aryl methyl sites for hydroxylation is 1. The van der Waals surface area contributed by atoms with Gasteiger partial charge in [-0.2, -0.15) is 9.78 Å². The van der Waals surface area contributed by atoms with Crippen LogP contribution in [0.25, 0.3) is 16.7 Å². The molecule has 0 atom stereocenters. The first kappa shape index (κ1) is 22.5. The van der Waals surface area contributed by atoms with Crippen LogP contribution in [0.15, 0.2) is 66.7 Å². The lowest BCUT2D eigenvalue weighted by Gasteiger charge is -2.13. The van der Waals surface area contributed by atoms with Crippen molar-refractivity contribution in [2.45, 2.75) is 32.6 Å². The highest BCUT2D eigenvalue weighted by Crippen LogP contribution is 2.23. The lowest BCUT2D eigenvalue weighted by molar-refractivity contribution is -0.116. The summed E-state index contributed by atoms with van der Waals surface area (Å²) in [6.07, 6.45) is 2.36. The average molecular weight is 468 g/mol. The molecule has 35 heavy (non-hydrogen) atoms. The third kappa shape index (κ3) is 4.55. The van der Waals surface area contributed by atoms with E-state index in [1.807, 2.05) is 49.4 Å². The lowest BCUT2D eigenvalue weighted by atomic mass is 10.1. The number of aromatic nitrogens is 3. The van der Waals surface area contributed by atoms with Crippen LogP contribution < -0.4 is 5.32 Å². The molecule has 1 aliphatic rings. The Labute approximate surface area is 202 Å². The minimum absolute atomic E-state index is 0.118. The Morgan fingerprint density at radius 2 is 1.60 bits per heavy atom. The molecule has 0 unspecified atom stereocenters. The zero-order chi connectivity index (χ0) is 24.4. The SMILES string of the molecule is Cc1cc(NC(=O)CCCCCN2C(=O)c3ccccc3C2=O)n(-c2ccc3ccccc3n2)n1.